The molecule has 106 valence electrons. The SMILES string of the molecule is CCCOC(=O)Nc1ccc(OC)c(S(=O)(=O)Cl)c1. The van der Waals surface area contributed by atoms with Gasteiger partial charge in [0, 0.05) is 16.4 Å². The summed E-state index contributed by atoms with van der Waals surface area (Å²) >= 11 is 0. The fourth-order valence-corrected chi connectivity index (χ4v) is 2.31. The molecule has 0 atom stereocenters. The Morgan fingerprint density at radius 2 is 2.11 bits per heavy atom. The van der Waals surface area contributed by atoms with Crippen LogP contribution in [0.15, 0.2) is 23.1 Å². The lowest BCUT2D eigenvalue weighted by Gasteiger charge is -2.09. The first kappa shape index (κ1) is 15.6. The predicted octanol–water partition coefficient (Wildman–Crippen LogP) is 2.58. The van der Waals surface area contributed by atoms with Crippen molar-refractivity contribution >= 4 is 31.5 Å². The Balaban J connectivity index is 2.96. The Hall–Kier alpha value is -1.47. The van der Waals surface area contributed by atoms with E-state index in [1.165, 1.54) is 25.3 Å². The molecule has 0 saturated heterocycles. The van der Waals surface area contributed by atoms with Crippen LogP contribution >= 0.6 is 10.7 Å². The molecule has 1 aromatic carbocycles. The molecule has 0 unspecified atom stereocenters. The van der Waals surface area contributed by atoms with E-state index < -0.39 is 15.1 Å². The number of ether oxygens (including phenoxy) is 2. The van der Waals surface area contributed by atoms with Crippen LogP contribution in [0.2, 0.25) is 0 Å². The standard InChI is InChI=1S/C11H14ClNO5S/c1-3-6-18-11(14)13-8-4-5-9(17-2)10(7-8)19(12,15)16/h4-5,7H,3,6H2,1-2H3,(H,13,14). The van der Waals surface area contributed by atoms with Crippen LogP contribution in [-0.2, 0) is 13.8 Å². The van der Waals surface area contributed by atoms with E-state index in [1.54, 1.807) is 0 Å². The molecule has 19 heavy (non-hydrogen) atoms. The number of hydrogen-bond acceptors (Lipinski definition) is 5. The minimum Gasteiger partial charge on any atom is -0.495 e. The first-order valence-electron chi connectivity index (χ1n) is 5.45. The highest BCUT2D eigenvalue weighted by Gasteiger charge is 2.18. The second kappa shape index (κ2) is 6.63. The van der Waals surface area contributed by atoms with Gasteiger partial charge < -0.3 is 9.47 Å². The monoisotopic (exact) mass is 307 g/mol. The van der Waals surface area contributed by atoms with E-state index >= 15 is 0 Å². The molecule has 1 aromatic rings. The Labute approximate surface area is 116 Å². The first-order valence-corrected chi connectivity index (χ1v) is 7.76. The molecule has 0 aromatic heterocycles. The van der Waals surface area contributed by atoms with Gasteiger partial charge in [-0.1, -0.05) is 6.92 Å². The highest BCUT2D eigenvalue weighted by molar-refractivity contribution is 8.13. The zero-order valence-electron chi connectivity index (χ0n) is 10.5. The third kappa shape index (κ3) is 4.60. The van der Waals surface area contributed by atoms with Crippen LogP contribution in [0.4, 0.5) is 10.5 Å². The summed E-state index contributed by atoms with van der Waals surface area (Å²) in [5, 5.41) is 2.40. The van der Waals surface area contributed by atoms with Gasteiger partial charge in [0.15, 0.2) is 0 Å². The maximum absolute atomic E-state index is 11.4. The first-order chi connectivity index (χ1) is 8.88. The van der Waals surface area contributed by atoms with Crippen LogP contribution in [0.25, 0.3) is 0 Å². The Kier molecular flexibility index (Phi) is 5.44. The van der Waals surface area contributed by atoms with E-state index in [0.717, 1.165) is 0 Å². The van der Waals surface area contributed by atoms with Crippen LogP contribution in [0.1, 0.15) is 13.3 Å². The summed E-state index contributed by atoms with van der Waals surface area (Å²) in [6.45, 7) is 2.14. The topological polar surface area (TPSA) is 81.7 Å². The van der Waals surface area contributed by atoms with Crippen molar-refractivity contribution < 1.29 is 22.7 Å². The fourth-order valence-electron chi connectivity index (χ4n) is 1.29. The van der Waals surface area contributed by atoms with Crippen LogP contribution in [-0.4, -0.2) is 28.2 Å². The number of methoxy groups -OCH3 is 1. The molecule has 0 heterocycles. The van der Waals surface area contributed by atoms with Crippen molar-refractivity contribution in [1.82, 2.24) is 0 Å². The molecule has 0 bridgehead atoms. The number of halogens is 1. The summed E-state index contributed by atoms with van der Waals surface area (Å²) in [5.41, 5.74) is 0.251. The van der Waals surface area contributed by atoms with Gasteiger partial charge in [-0.05, 0) is 24.6 Å². The smallest absolute Gasteiger partial charge is 0.411 e. The van der Waals surface area contributed by atoms with Gasteiger partial charge in [0.1, 0.15) is 10.6 Å². The summed E-state index contributed by atoms with van der Waals surface area (Å²) in [4.78, 5) is 11.1. The molecule has 1 N–H and O–H groups in total. The summed E-state index contributed by atoms with van der Waals surface area (Å²) in [6, 6.07) is 4.08. The molecule has 0 fully saturated rings. The second-order valence-corrected chi connectivity index (χ2v) is 6.10. The number of anilines is 1. The number of carbonyl (C=O) groups is 1. The highest BCUT2D eigenvalue weighted by Crippen LogP contribution is 2.29. The summed E-state index contributed by atoms with van der Waals surface area (Å²) in [5.74, 6) is 0.0995. The molecule has 0 aliphatic carbocycles. The summed E-state index contributed by atoms with van der Waals surface area (Å²) in [6.07, 6.45) is 0.0297. The molecule has 0 radical (unpaired) electrons. The van der Waals surface area contributed by atoms with E-state index in [2.05, 4.69) is 5.32 Å². The lowest BCUT2D eigenvalue weighted by atomic mass is 10.3. The van der Waals surface area contributed by atoms with Crippen molar-refractivity contribution in [2.24, 2.45) is 0 Å². The predicted molar refractivity (Wildman–Crippen MR) is 71.3 cm³/mol. The zero-order valence-corrected chi connectivity index (χ0v) is 12.0. The Morgan fingerprint density at radius 3 is 2.63 bits per heavy atom. The van der Waals surface area contributed by atoms with Gasteiger partial charge in [-0.25, -0.2) is 13.2 Å². The molecule has 8 heteroatoms. The highest BCUT2D eigenvalue weighted by atomic mass is 35.7. The van der Waals surface area contributed by atoms with E-state index in [9.17, 15) is 13.2 Å². The van der Waals surface area contributed by atoms with Crippen LogP contribution < -0.4 is 10.1 Å². The molecule has 0 aliphatic rings. The lowest BCUT2D eigenvalue weighted by molar-refractivity contribution is 0.161. The minimum absolute atomic E-state index is 0.0995. The van der Waals surface area contributed by atoms with E-state index in [-0.39, 0.29) is 22.9 Å². The van der Waals surface area contributed by atoms with Crippen molar-refractivity contribution in [2.45, 2.75) is 18.2 Å². The van der Waals surface area contributed by atoms with Crippen molar-refractivity contribution in [3.8, 4) is 5.75 Å². The summed E-state index contributed by atoms with van der Waals surface area (Å²) < 4.78 is 32.4. The van der Waals surface area contributed by atoms with Gasteiger partial charge in [-0.3, -0.25) is 5.32 Å². The number of hydrogen-bond donors (Lipinski definition) is 1. The molecule has 6 nitrogen and oxygen atoms in total. The van der Waals surface area contributed by atoms with Gasteiger partial charge in [0.25, 0.3) is 9.05 Å². The Morgan fingerprint density at radius 1 is 1.42 bits per heavy atom. The molecular weight excluding hydrogens is 294 g/mol. The normalized spacial score (nSPS) is 10.9. The van der Waals surface area contributed by atoms with Gasteiger partial charge in [0.05, 0.1) is 13.7 Å². The van der Waals surface area contributed by atoms with Crippen molar-refractivity contribution in [2.75, 3.05) is 19.0 Å². The number of rotatable bonds is 5. The van der Waals surface area contributed by atoms with Crippen molar-refractivity contribution in [3.63, 3.8) is 0 Å². The fraction of sp³-hybridized carbons (Fsp3) is 0.364. The molecule has 0 saturated carbocycles. The average molecular weight is 308 g/mol. The summed E-state index contributed by atoms with van der Waals surface area (Å²) in [7, 11) is 2.64. The average Bonchev–Trinajstić information content (AvgIpc) is 2.35. The third-order valence-electron chi connectivity index (χ3n) is 2.11. The van der Waals surface area contributed by atoms with E-state index in [1.807, 2.05) is 6.92 Å². The van der Waals surface area contributed by atoms with E-state index in [4.69, 9.17) is 20.2 Å². The zero-order chi connectivity index (χ0) is 14.5. The number of amides is 1. The lowest BCUT2D eigenvalue weighted by Crippen LogP contribution is -2.14. The Bertz CT molecular complexity index is 558. The van der Waals surface area contributed by atoms with Crippen molar-refractivity contribution in [1.29, 1.82) is 0 Å². The van der Waals surface area contributed by atoms with Crippen molar-refractivity contribution in [3.05, 3.63) is 18.2 Å². The van der Waals surface area contributed by atoms with Crippen LogP contribution in [0.3, 0.4) is 0 Å². The van der Waals surface area contributed by atoms with Gasteiger partial charge in [0.2, 0.25) is 0 Å². The third-order valence-corrected chi connectivity index (χ3v) is 3.45. The molecule has 0 spiro atoms. The number of carbonyl (C=O) groups excluding carboxylic acids is 1. The van der Waals surface area contributed by atoms with Gasteiger partial charge in [-0.2, -0.15) is 0 Å². The molecule has 1 rings (SSSR count). The largest absolute Gasteiger partial charge is 0.495 e. The quantitative estimate of drug-likeness (QED) is 0.845. The number of nitrogens with one attached hydrogen (secondary N) is 1. The van der Waals surface area contributed by atoms with Crippen LogP contribution in [0, 0.1) is 0 Å². The molecule has 0 aliphatic heterocycles. The minimum atomic E-state index is -3.97. The van der Waals surface area contributed by atoms with Crippen LogP contribution in [0.5, 0.6) is 5.75 Å². The second-order valence-electron chi connectivity index (χ2n) is 3.56. The van der Waals surface area contributed by atoms with Gasteiger partial charge >= 0.3 is 6.09 Å². The molecular formula is C11H14ClNO5S. The van der Waals surface area contributed by atoms with E-state index in [0.29, 0.717) is 6.42 Å². The maximum Gasteiger partial charge on any atom is 0.411 e. The van der Waals surface area contributed by atoms with Gasteiger partial charge in [-0.15, -0.1) is 0 Å². The molecule has 1 amide bonds. The number of benzene rings is 1. The maximum atomic E-state index is 11.4.